The van der Waals surface area contributed by atoms with E-state index in [9.17, 15) is 13.2 Å². The van der Waals surface area contributed by atoms with Crippen LogP contribution in [0.1, 0.15) is 25.1 Å². The van der Waals surface area contributed by atoms with Gasteiger partial charge in [-0.25, -0.2) is 18.1 Å². The Labute approximate surface area is 170 Å². The lowest BCUT2D eigenvalue weighted by Crippen LogP contribution is -2.46. The summed E-state index contributed by atoms with van der Waals surface area (Å²) in [6.07, 6.45) is 2.18. The first-order valence-corrected chi connectivity index (χ1v) is 11.3. The number of H-pyrrole nitrogens is 1. The molecule has 1 amide bonds. The van der Waals surface area contributed by atoms with E-state index in [1.54, 1.807) is 30.3 Å². The zero-order valence-electron chi connectivity index (χ0n) is 16.0. The van der Waals surface area contributed by atoms with Crippen molar-refractivity contribution in [2.45, 2.75) is 36.6 Å². The number of rotatable bonds is 6. The zero-order valence-corrected chi connectivity index (χ0v) is 16.9. The topological polar surface area (TPSA) is 95.2 Å². The number of carbonyl (C=O) groups is 1. The number of fused-ring (bicyclic) bond motifs is 1. The fourth-order valence-corrected chi connectivity index (χ4v) is 4.97. The van der Waals surface area contributed by atoms with Gasteiger partial charge < -0.3 is 9.88 Å². The average molecular weight is 413 g/mol. The van der Waals surface area contributed by atoms with Gasteiger partial charge in [0.1, 0.15) is 5.82 Å². The van der Waals surface area contributed by atoms with Crippen LogP contribution in [0.2, 0.25) is 0 Å². The molecule has 1 aliphatic heterocycles. The Bertz CT molecular complexity index is 1050. The number of hydrogen-bond acceptors (Lipinski definition) is 4. The second-order valence-corrected chi connectivity index (χ2v) is 9.00. The Balaban J connectivity index is 1.27. The minimum Gasteiger partial charge on any atom is -0.343 e. The molecule has 152 valence electrons. The van der Waals surface area contributed by atoms with E-state index in [-0.39, 0.29) is 16.8 Å². The Morgan fingerprint density at radius 2 is 1.76 bits per heavy atom. The van der Waals surface area contributed by atoms with Gasteiger partial charge in [-0.15, -0.1) is 0 Å². The highest BCUT2D eigenvalue weighted by molar-refractivity contribution is 7.89. The van der Waals surface area contributed by atoms with Crippen molar-refractivity contribution in [3.05, 3.63) is 60.4 Å². The van der Waals surface area contributed by atoms with Crippen molar-refractivity contribution in [2.75, 3.05) is 13.1 Å². The molecule has 1 aliphatic rings. The van der Waals surface area contributed by atoms with E-state index in [0.29, 0.717) is 38.8 Å². The number of nitrogens with zero attached hydrogens (tertiary/aromatic N) is 2. The van der Waals surface area contributed by atoms with Crippen LogP contribution in [0.5, 0.6) is 0 Å². The molecule has 2 heterocycles. The van der Waals surface area contributed by atoms with Crippen LogP contribution in [-0.4, -0.2) is 48.3 Å². The summed E-state index contributed by atoms with van der Waals surface area (Å²) in [4.78, 5) is 22.4. The summed E-state index contributed by atoms with van der Waals surface area (Å²) in [5.41, 5.74) is 1.88. The van der Waals surface area contributed by atoms with Crippen molar-refractivity contribution >= 4 is 27.0 Å². The number of nitrogens with one attached hydrogen (secondary N) is 2. The lowest BCUT2D eigenvalue weighted by molar-refractivity contribution is -0.132. The minimum absolute atomic E-state index is 0.0785. The number of para-hydroxylation sites is 2. The summed E-state index contributed by atoms with van der Waals surface area (Å²) < 4.78 is 27.7. The molecule has 0 spiro atoms. The fourth-order valence-electron chi connectivity index (χ4n) is 3.64. The molecule has 0 saturated carbocycles. The van der Waals surface area contributed by atoms with Crippen LogP contribution in [0.4, 0.5) is 0 Å². The first-order chi connectivity index (χ1) is 14.0. The van der Waals surface area contributed by atoms with Gasteiger partial charge >= 0.3 is 0 Å². The maximum absolute atomic E-state index is 12.5. The van der Waals surface area contributed by atoms with Crippen molar-refractivity contribution in [1.82, 2.24) is 19.6 Å². The third-order valence-electron chi connectivity index (χ3n) is 5.24. The molecule has 1 aromatic heterocycles. The Hall–Kier alpha value is -2.71. The second-order valence-electron chi connectivity index (χ2n) is 7.29. The molecule has 0 bridgehead atoms. The van der Waals surface area contributed by atoms with Crippen LogP contribution in [0.25, 0.3) is 11.0 Å². The molecule has 29 heavy (non-hydrogen) atoms. The number of piperidine rings is 1. The average Bonchev–Trinajstić information content (AvgIpc) is 3.16. The lowest BCUT2D eigenvalue weighted by atomic mass is 10.1. The summed E-state index contributed by atoms with van der Waals surface area (Å²) >= 11 is 0. The number of likely N-dealkylation sites (tertiary alicyclic amines) is 1. The predicted molar refractivity (Wildman–Crippen MR) is 111 cm³/mol. The highest BCUT2D eigenvalue weighted by Crippen LogP contribution is 2.17. The fraction of sp³-hybridized carbons (Fsp3) is 0.333. The Kier molecular flexibility index (Phi) is 5.64. The number of imidazole rings is 1. The highest BCUT2D eigenvalue weighted by Gasteiger charge is 2.26. The molecule has 2 N–H and O–H groups in total. The van der Waals surface area contributed by atoms with Gasteiger partial charge in [0.05, 0.1) is 15.9 Å². The van der Waals surface area contributed by atoms with Crippen molar-refractivity contribution < 1.29 is 13.2 Å². The van der Waals surface area contributed by atoms with Crippen LogP contribution in [0.15, 0.2) is 59.5 Å². The molecule has 8 heteroatoms. The van der Waals surface area contributed by atoms with Crippen molar-refractivity contribution in [2.24, 2.45) is 0 Å². The number of hydrogen-bond donors (Lipinski definition) is 2. The van der Waals surface area contributed by atoms with Gasteiger partial charge in [-0.1, -0.05) is 30.3 Å². The highest BCUT2D eigenvalue weighted by atomic mass is 32.2. The molecular formula is C21H24N4O3S. The Morgan fingerprint density at radius 1 is 1.07 bits per heavy atom. The van der Waals surface area contributed by atoms with E-state index in [1.807, 2.05) is 29.2 Å². The second kappa shape index (κ2) is 8.34. The summed E-state index contributed by atoms with van der Waals surface area (Å²) in [5.74, 6) is 0.889. The van der Waals surface area contributed by atoms with Crippen LogP contribution in [0, 0.1) is 0 Å². The van der Waals surface area contributed by atoms with E-state index in [2.05, 4.69) is 14.7 Å². The van der Waals surface area contributed by atoms with E-state index in [0.717, 1.165) is 16.9 Å². The number of carbonyl (C=O) groups excluding carboxylic acids is 1. The van der Waals surface area contributed by atoms with Gasteiger partial charge in [0.2, 0.25) is 15.9 Å². The molecule has 4 rings (SSSR count). The lowest BCUT2D eigenvalue weighted by Gasteiger charge is -2.32. The van der Waals surface area contributed by atoms with Crippen molar-refractivity contribution in [3.8, 4) is 0 Å². The molecule has 3 aromatic rings. The normalized spacial score (nSPS) is 15.7. The van der Waals surface area contributed by atoms with Gasteiger partial charge in [-0.3, -0.25) is 4.79 Å². The maximum Gasteiger partial charge on any atom is 0.240 e. The van der Waals surface area contributed by atoms with E-state index in [1.165, 1.54) is 0 Å². The van der Waals surface area contributed by atoms with Crippen LogP contribution < -0.4 is 4.72 Å². The smallest absolute Gasteiger partial charge is 0.240 e. The zero-order chi connectivity index (χ0) is 20.3. The van der Waals surface area contributed by atoms with Gasteiger partial charge in [0.25, 0.3) is 0 Å². The SMILES string of the molecule is O=C(CCc1nc2ccccc2[nH]1)N1CCC(NS(=O)(=O)c2ccccc2)CC1. The van der Waals surface area contributed by atoms with Crippen molar-refractivity contribution in [1.29, 1.82) is 0 Å². The number of benzene rings is 2. The first kappa shape index (κ1) is 19.6. The third kappa shape index (κ3) is 4.65. The molecule has 0 atom stereocenters. The monoisotopic (exact) mass is 412 g/mol. The number of amides is 1. The molecular weight excluding hydrogens is 388 g/mol. The number of aromatic amines is 1. The molecule has 0 aliphatic carbocycles. The standard InChI is InChI=1S/C21H24N4O3S/c26-21(11-10-20-22-18-8-4-5-9-19(18)23-20)25-14-12-16(13-15-25)24-29(27,28)17-6-2-1-3-7-17/h1-9,16,24H,10-15H2,(H,22,23). The molecule has 7 nitrogen and oxygen atoms in total. The Morgan fingerprint density at radius 3 is 2.48 bits per heavy atom. The predicted octanol–water partition coefficient (Wildman–Crippen LogP) is 2.47. The molecule has 2 aromatic carbocycles. The van der Waals surface area contributed by atoms with Gasteiger partial charge in [-0.2, -0.15) is 0 Å². The van der Waals surface area contributed by atoms with E-state index >= 15 is 0 Å². The molecule has 0 radical (unpaired) electrons. The van der Waals surface area contributed by atoms with Crippen LogP contribution in [0.3, 0.4) is 0 Å². The molecule has 0 unspecified atom stereocenters. The third-order valence-corrected chi connectivity index (χ3v) is 6.77. The summed E-state index contributed by atoms with van der Waals surface area (Å²) in [5, 5.41) is 0. The van der Waals surface area contributed by atoms with Crippen molar-refractivity contribution in [3.63, 3.8) is 0 Å². The largest absolute Gasteiger partial charge is 0.343 e. The van der Waals surface area contributed by atoms with E-state index in [4.69, 9.17) is 0 Å². The van der Waals surface area contributed by atoms with Crippen LogP contribution >= 0.6 is 0 Å². The summed E-state index contributed by atoms with van der Waals surface area (Å²) in [6, 6.07) is 16.0. The summed E-state index contributed by atoms with van der Waals surface area (Å²) in [6.45, 7) is 1.11. The number of aryl methyl sites for hydroxylation is 1. The molecule has 1 fully saturated rings. The van der Waals surface area contributed by atoms with E-state index < -0.39 is 10.0 Å². The number of aromatic nitrogens is 2. The minimum atomic E-state index is -3.52. The van der Waals surface area contributed by atoms with Gasteiger partial charge in [0, 0.05) is 32.0 Å². The van der Waals surface area contributed by atoms with Crippen LogP contribution in [-0.2, 0) is 21.2 Å². The summed E-state index contributed by atoms with van der Waals surface area (Å²) in [7, 11) is -3.52. The van der Waals surface area contributed by atoms with Gasteiger partial charge in [0.15, 0.2) is 0 Å². The first-order valence-electron chi connectivity index (χ1n) is 9.80. The van der Waals surface area contributed by atoms with Gasteiger partial charge in [-0.05, 0) is 37.1 Å². The quantitative estimate of drug-likeness (QED) is 0.650. The maximum atomic E-state index is 12.5. The number of sulfonamides is 1. The molecule has 1 saturated heterocycles.